The van der Waals surface area contributed by atoms with Gasteiger partial charge < -0.3 is 0 Å². The molecule has 0 atom stereocenters. The third-order valence-electron chi connectivity index (χ3n) is 2.98. The van der Waals surface area contributed by atoms with Crippen molar-refractivity contribution in [3.8, 4) is 0 Å². The third kappa shape index (κ3) is 4.51. The molecule has 0 spiro atoms. The Morgan fingerprint density at radius 1 is 0.727 bits per heavy atom. The molecular formula is C15H13F5N2. The topological polar surface area (TPSA) is 24.1 Å². The summed E-state index contributed by atoms with van der Waals surface area (Å²) in [6, 6.07) is 8.29. The molecule has 0 unspecified atom stereocenters. The van der Waals surface area contributed by atoms with E-state index in [1.54, 1.807) is 0 Å². The van der Waals surface area contributed by atoms with Crippen LogP contribution in [0.4, 0.5) is 22.0 Å². The molecular weight excluding hydrogens is 303 g/mol. The summed E-state index contributed by atoms with van der Waals surface area (Å²) in [5.41, 5.74) is 6.07. The smallest absolute Gasteiger partial charge is 0.253 e. The molecule has 22 heavy (non-hydrogen) atoms. The Bertz CT molecular complexity index is 623. The number of benzene rings is 2. The summed E-state index contributed by atoms with van der Waals surface area (Å²) in [5, 5.41) is 0. The molecule has 0 bridgehead atoms. The van der Waals surface area contributed by atoms with Gasteiger partial charge in [-0.25, -0.2) is 8.78 Å². The van der Waals surface area contributed by atoms with Gasteiger partial charge in [0.1, 0.15) is 0 Å². The molecule has 118 valence electrons. The highest BCUT2D eigenvalue weighted by molar-refractivity contribution is 5.24. The van der Waals surface area contributed by atoms with Crippen LogP contribution in [-0.4, -0.2) is 0 Å². The van der Waals surface area contributed by atoms with E-state index in [-0.39, 0.29) is 6.54 Å². The van der Waals surface area contributed by atoms with Crippen LogP contribution in [-0.2, 0) is 19.3 Å². The van der Waals surface area contributed by atoms with E-state index in [9.17, 15) is 22.0 Å². The zero-order chi connectivity index (χ0) is 16.2. The van der Waals surface area contributed by atoms with Crippen molar-refractivity contribution in [3.05, 3.63) is 70.8 Å². The third-order valence-corrected chi connectivity index (χ3v) is 2.98. The Balaban J connectivity index is 1.80. The van der Waals surface area contributed by atoms with Crippen molar-refractivity contribution < 1.29 is 22.0 Å². The van der Waals surface area contributed by atoms with E-state index >= 15 is 0 Å². The fourth-order valence-electron chi connectivity index (χ4n) is 1.79. The fraction of sp³-hybridized carbons (Fsp3) is 0.200. The summed E-state index contributed by atoms with van der Waals surface area (Å²) < 4.78 is 62.9. The Hall–Kier alpha value is -1.99. The maximum Gasteiger partial charge on any atom is 0.416 e. The van der Waals surface area contributed by atoms with Crippen molar-refractivity contribution in [2.24, 2.45) is 0 Å². The van der Waals surface area contributed by atoms with Crippen LogP contribution in [0.15, 0.2) is 42.5 Å². The molecule has 7 heteroatoms. The highest BCUT2D eigenvalue weighted by Gasteiger charge is 2.29. The second-order valence-electron chi connectivity index (χ2n) is 4.65. The first kappa shape index (κ1) is 16.4. The molecule has 2 nitrogen and oxygen atoms in total. The van der Waals surface area contributed by atoms with Crippen LogP contribution in [0, 0.1) is 11.6 Å². The Morgan fingerprint density at radius 2 is 1.27 bits per heavy atom. The summed E-state index contributed by atoms with van der Waals surface area (Å²) >= 11 is 0. The lowest BCUT2D eigenvalue weighted by atomic mass is 10.1. The van der Waals surface area contributed by atoms with Gasteiger partial charge in [-0.2, -0.15) is 13.2 Å². The van der Waals surface area contributed by atoms with Crippen LogP contribution in [0.1, 0.15) is 16.7 Å². The van der Waals surface area contributed by atoms with Gasteiger partial charge in [-0.1, -0.05) is 18.2 Å². The van der Waals surface area contributed by atoms with Crippen molar-refractivity contribution in [1.29, 1.82) is 0 Å². The SMILES string of the molecule is Fc1ccc(CNNCc2ccc(C(F)(F)F)cc2)cc1F. The molecule has 2 N–H and O–H groups in total. The molecule has 0 saturated carbocycles. The van der Waals surface area contributed by atoms with E-state index in [4.69, 9.17) is 0 Å². The van der Waals surface area contributed by atoms with Gasteiger partial charge in [-0.3, -0.25) is 10.9 Å². The first-order chi connectivity index (χ1) is 10.4. The zero-order valence-electron chi connectivity index (χ0n) is 11.3. The van der Waals surface area contributed by atoms with E-state index in [0.29, 0.717) is 17.7 Å². The minimum Gasteiger partial charge on any atom is -0.253 e. The average molecular weight is 316 g/mol. The van der Waals surface area contributed by atoms with Crippen LogP contribution in [0.5, 0.6) is 0 Å². The van der Waals surface area contributed by atoms with E-state index in [1.807, 2.05) is 0 Å². The van der Waals surface area contributed by atoms with Crippen molar-refractivity contribution in [3.63, 3.8) is 0 Å². The predicted octanol–water partition coefficient (Wildman–Crippen LogP) is 3.78. The number of halogens is 5. The van der Waals surface area contributed by atoms with Crippen LogP contribution < -0.4 is 10.9 Å². The Morgan fingerprint density at radius 3 is 1.82 bits per heavy atom. The molecule has 0 aliphatic carbocycles. The zero-order valence-corrected chi connectivity index (χ0v) is 11.3. The van der Waals surface area contributed by atoms with Crippen molar-refractivity contribution in [2.75, 3.05) is 0 Å². The number of rotatable bonds is 5. The average Bonchev–Trinajstić information content (AvgIpc) is 2.47. The Labute approximate surface area is 123 Å². The standard InChI is InChI=1S/C15H13F5N2/c16-13-6-3-11(7-14(13)17)9-22-21-8-10-1-4-12(5-2-10)15(18,19)20/h1-7,21-22H,8-9H2. The van der Waals surface area contributed by atoms with Gasteiger partial charge in [-0.05, 0) is 35.4 Å². The molecule has 2 aromatic carbocycles. The number of alkyl halides is 3. The van der Waals surface area contributed by atoms with Gasteiger partial charge in [-0.15, -0.1) is 0 Å². The molecule has 0 fully saturated rings. The largest absolute Gasteiger partial charge is 0.416 e. The highest BCUT2D eigenvalue weighted by atomic mass is 19.4. The summed E-state index contributed by atoms with van der Waals surface area (Å²) in [5.74, 6) is -1.84. The van der Waals surface area contributed by atoms with Gasteiger partial charge in [0, 0.05) is 13.1 Å². The van der Waals surface area contributed by atoms with E-state index in [2.05, 4.69) is 10.9 Å². The quantitative estimate of drug-likeness (QED) is 0.498. The lowest BCUT2D eigenvalue weighted by molar-refractivity contribution is -0.137. The maximum absolute atomic E-state index is 13.0. The van der Waals surface area contributed by atoms with E-state index in [0.717, 1.165) is 24.3 Å². The van der Waals surface area contributed by atoms with E-state index < -0.39 is 23.4 Å². The molecule has 0 saturated heterocycles. The van der Waals surface area contributed by atoms with Crippen molar-refractivity contribution >= 4 is 0 Å². The summed E-state index contributed by atoms with van der Waals surface area (Å²) in [6.07, 6.45) is -4.35. The first-order valence-corrected chi connectivity index (χ1v) is 6.42. The maximum atomic E-state index is 13.0. The molecule has 0 aliphatic heterocycles. The summed E-state index contributed by atoms with van der Waals surface area (Å²) in [7, 11) is 0. The second-order valence-corrected chi connectivity index (χ2v) is 4.65. The summed E-state index contributed by atoms with van der Waals surface area (Å²) in [4.78, 5) is 0. The van der Waals surface area contributed by atoms with Gasteiger partial charge >= 0.3 is 6.18 Å². The lowest BCUT2D eigenvalue weighted by Crippen LogP contribution is -2.30. The van der Waals surface area contributed by atoms with Crippen LogP contribution in [0.25, 0.3) is 0 Å². The van der Waals surface area contributed by atoms with Gasteiger partial charge in [0.2, 0.25) is 0 Å². The Kier molecular flexibility index (Phi) is 5.10. The van der Waals surface area contributed by atoms with Crippen LogP contribution in [0.2, 0.25) is 0 Å². The monoisotopic (exact) mass is 316 g/mol. The van der Waals surface area contributed by atoms with Gasteiger partial charge in [0.05, 0.1) is 5.56 Å². The fourth-order valence-corrected chi connectivity index (χ4v) is 1.79. The van der Waals surface area contributed by atoms with Crippen molar-refractivity contribution in [1.82, 2.24) is 10.9 Å². The number of hydrazine groups is 1. The molecule has 0 heterocycles. The number of hydrogen-bond donors (Lipinski definition) is 2. The second kappa shape index (κ2) is 6.85. The molecule has 0 amide bonds. The summed E-state index contributed by atoms with van der Waals surface area (Å²) in [6.45, 7) is 0.541. The minimum absolute atomic E-state index is 0.248. The van der Waals surface area contributed by atoms with E-state index in [1.165, 1.54) is 18.2 Å². The minimum atomic E-state index is -4.35. The molecule has 2 rings (SSSR count). The van der Waals surface area contributed by atoms with Crippen LogP contribution >= 0.6 is 0 Å². The number of hydrogen-bond acceptors (Lipinski definition) is 2. The predicted molar refractivity (Wildman–Crippen MR) is 71.5 cm³/mol. The molecule has 0 aliphatic rings. The normalized spacial score (nSPS) is 11.7. The lowest BCUT2D eigenvalue weighted by Gasteiger charge is -2.09. The molecule has 0 aromatic heterocycles. The first-order valence-electron chi connectivity index (χ1n) is 6.42. The van der Waals surface area contributed by atoms with Crippen molar-refractivity contribution in [2.45, 2.75) is 19.3 Å². The molecule has 2 aromatic rings. The molecule has 0 radical (unpaired) electrons. The van der Waals surface area contributed by atoms with Gasteiger partial charge in [0.15, 0.2) is 11.6 Å². The number of nitrogens with one attached hydrogen (secondary N) is 2. The van der Waals surface area contributed by atoms with Gasteiger partial charge in [0.25, 0.3) is 0 Å². The highest BCUT2D eigenvalue weighted by Crippen LogP contribution is 2.28. The van der Waals surface area contributed by atoms with Crippen LogP contribution in [0.3, 0.4) is 0 Å².